The standard InChI is InChI=1S/C40H34F2N4O8S4/c1-43-21-27-19-33(31-11-5-15-45-37(31)41)39(55-27)57(49,50)29-9-3-7-25(17-29)23-53-35(47)13-14-36(48)54-24-26-8-4-10-30(18-26)58(51,52)40-34(20-28(56-40)22-44-2)32-12-6-16-46-38(32)42/h3-20,43-44H,21-24H2,1-2H3/b14-13+. The first-order chi connectivity index (χ1) is 27.8. The molecule has 58 heavy (non-hydrogen) atoms. The maximum absolute atomic E-state index is 14.7. The molecule has 2 aromatic carbocycles. The molecule has 0 radical (unpaired) electrons. The van der Waals surface area contributed by atoms with E-state index < -0.39 is 43.5 Å². The van der Waals surface area contributed by atoms with E-state index in [9.17, 15) is 35.2 Å². The number of carbonyl (C=O) groups excluding carboxylic acids is 2. The zero-order valence-corrected chi connectivity index (χ0v) is 34.0. The van der Waals surface area contributed by atoms with Crippen LogP contribution in [0.3, 0.4) is 0 Å². The number of ether oxygens (including phenoxy) is 2. The first-order valence-electron chi connectivity index (χ1n) is 17.3. The van der Waals surface area contributed by atoms with Crippen LogP contribution in [0.4, 0.5) is 8.78 Å². The van der Waals surface area contributed by atoms with Gasteiger partial charge < -0.3 is 20.1 Å². The fourth-order valence-corrected chi connectivity index (χ4v) is 12.1. The van der Waals surface area contributed by atoms with Crippen molar-refractivity contribution in [1.82, 2.24) is 20.6 Å². The van der Waals surface area contributed by atoms with Crippen LogP contribution >= 0.6 is 22.7 Å². The monoisotopic (exact) mass is 864 g/mol. The number of hydrogen-bond donors (Lipinski definition) is 2. The fraction of sp³-hybridized carbons (Fsp3) is 0.150. The highest BCUT2D eigenvalue weighted by Gasteiger charge is 2.29. The maximum Gasteiger partial charge on any atom is 0.331 e. The third-order valence-corrected chi connectivity index (χ3v) is 15.2. The molecule has 4 heterocycles. The molecule has 300 valence electrons. The predicted molar refractivity (Wildman–Crippen MR) is 213 cm³/mol. The van der Waals surface area contributed by atoms with Gasteiger partial charge in [0.15, 0.2) is 0 Å². The molecule has 4 aromatic heterocycles. The van der Waals surface area contributed by atoms with Gasteiger partial charge in [-0.3, -0.25) is 0 Å². The Morgan fingerprint density at radius 1 is 0.621 bits per heavy atom. The number of nitrogens with one attached hydrogen (secondary N) is 2. The smallest absolute Gasteiger partial charge is 0.331 e. The van der Waals surface area contributed by atoms with Gasteiger partial charge in [0.1, 0.15) is 21.6 Å². The lowest BCUT2D eigenvalue weighted by molar-refractivity contribution is -0.141. The molecular weight excluding hydrogens is 831 g/mol. The highest BCUT2D eigenvalue weighted by atomic mass is 32.2. The minimum Gasteiger partial charge on any atom is -0.458 e. The van der Waals surface area contributed by atoms with E-state index in [1.807, 2.05) is 0 Å². The molecule has 0 aliphatic rings. The molecule has 0 bridgehead atoms. The van der Waals surface area contributed by atoms with Crippen molar-refractivity contribution < 1.29 is 44.7 Å². The molecular formula is C40H34F2N4O8S4. The highest BCUT2D eigenvalue weighted by molar-refractivity contribution is 7.94. The van der Waals surface area contributed by atoms with Crippen LogP contribution in [0.5, 0.6) is 0 Å². The van der Waals surface area contributed by atoms with Crippen molar-refractivity contribution >= 4 is 54.3 Å². The van der Waals surface area contributed by atoms with Gasteiger partial charge in [0, 0.05) is 69.6 Å². The molecule has 0 atom stereocenters. The Bertz CT molecular complexity index is 2550. The molecule has 0 spiro atoms. The molecule has 0 saturated heterocycles. The third kappa shape index (κ3) is 9.61. The number of rotatable bonds is 16. The normalized spacial score (nSPS) is 11.9. The molecule has 18 heteroatoms. The van der Waals surface area contributed by atoms with Crippen molar-refractivity contribution in [2.75, 3.05) is 14.1 Å². The zero-order chi connectivity index (χ0) is 41.5. The van der Waals surface area contributed by atoms with E-state index in [1.165, 1.54) is 73.1 Å². The molecule has 0 unspecified atom stereocenters. The maximum atomic E-state index is 14.7. The van der Waals surface area contributed by atoms with E-state index in [0.717, 1.165) is 34.8 Å². The zero-order valence-electron chi connectivity index (χ0n) is 30.8. The van der Waals surface area contributed by atoms with Gasteiger partial charge in [-0.15, -0.1) is 22.7 Å². The van der Waals surface area contributed by atoms with Crippen LogP contribution in [-0.4, -0.2) is 52.8 Å². The van der Waals surface area contributed by atoms with Crippen LogP contribution in [0, 0.1) is 11.9 Å². The van der Waals surface area contributed by atoms with Crippen molar-refractivity contribution in [3.8, 4) is 22.3 Å². The van der Waals surface area contributed by atoms with E-state index in [0.29, 0.717) is 34.0 Å². The van der Waals surface area contributed by atoms with Gasteiger partial charge in [-0.2, -0.15) is 8.78 Å². The number of thiophene rings is 2. The largest absolute Gasteiger partial charge is 0.458 e. The van der Waals surface area contributed by atoms with Crippen LogP contribution in [0.25, 0.3) is 22.3 Å². The topological polar surface area (TPSA) is 171 Å². The van der Waals surface area contributed by atoms with Gasteiger partial charge in [0.05, 0.1) is 9.79 Å². The van der Waals surface area contributed by atoms with Gasteiger partial charge in [-0.25, -0.2) is 36.4 Å². The molecule has 2 N–H and O–H groups in total. The van der Waals surface area contributed by atoms with Crippen molar-refractivity contribution in [1.29, 1.82) is 0 Å². The Morgan fingerprint density at radius 3 is 1.41 bits per heavy atom. The van der Waals surface area contributed by atoms with Crippen LogP contribution in [-0.2, 0) is 65.0 Å². The van der Waals surface area contributed by atoms with Crippen LogP contribution in [0.1, 0.15) is 20.9 Å². The first kappa shape index (κ1) is 42.1. The predicted octanol–water partition coefficient (Wildman–Crippen LogP) is 6.66. The van der Waals surface area contributed by atoms with Crippen molar-refractivity contribution in [3.63, 3.8) is 0 Å². The second-order valence-corrected chi connectivity index (χ2v) is 19.0. The Hall–Kier alpha value is -5.50. The Morgan fingerprint density at radius 2 is 1.03 bits per heavy atom. The van der Waals surface area contributed by atoms with Gasteiger partial charge >= 0.3 is 11.9 Å². The molecule has 0 saturated carbocycles. The van der Waals surface area contributed by atoms with Crippen molar-refractivity contribution in [3.05, 3.63) is 142 Å². The Labute approximate surface area is 341 Å². The Balaban J connectivity index is 1.09. The minimum atomic E-state index is -4.16. The molecule has 6 aromatic rings. The summed E-state index contributed by atoms with van der Waals surface area (Å²) >= 11 is 2.01. The average Bonchev–Trinajstić information content (AvgIpc) is 3.85. The molecule has 0 aliphatic heterocycles. The lowest BCUT2D eigenvalue weighted by Crippen LogP contribution is -2.06. The number of esters is 2. The van der Waals surface area contributed by atoms with E-state index in [1.54, 1.807) is 38.4 Å². The number of aromatic nitrogens is 2. The molecule has 0 fully saturated rings. The number of pyridine rings is 2. The SMILES string of the molecule is CNCc1cc(-c2cccnc2F)c(S(=O)(=O)c2cccc(COC(=O)/C=C/C(=O)OCc3cccc(S(=O)(=O)c4sc(CNC)cc4-c4cccnc4F)c3)c2)s1. The van der Waals surface area contributed by atoms with E-state index in [-0.39, 0.29) is 53.7 Å². The average molecular weight is 865 g/mol. The number of benzene rings is 2. The third-order valence-electron chi connectivity index (χ3n) is 8.32. The lowest BCUT2D eigenvalue weighted by atomic mass is 10.1. The number of halogens is 2. The number of hydrogen-bond acceptors (Lipinski definition) is 14. The van der Waals surface area contributed by atoms with E-state index in [4.69, 9.17) is 9.47 Å². The number of sulfone groups is 2. The van der Waals surface area contributed by atoms with Gasteiger partial charge in [-0.05, 0) is 85.9 Å². The number of carbonyl (C=O) groups is 2. The van der Waals surface area contributed by atoms with E-state index in [2.05, 4.69) is 20.6 Å². The summed E-state index contributed by atoms with van der Waals surface area (Å²) in [7, 11) is -4.90. The minimum absolute atomic E-state index is 0.0409. The molecule has 6 rings (SSSR count). The summed E-state index contributed by atoms with van der Waals surface area (Å²) in [5.41, 5.74) is 1.11. The second kappa shape index (κ2) is 18.4. The lowest BCUT2D eigenvalue weighted by Gasteiger charge is -2.09. The highest BCUT2D eigenvalue weighted by Crippen LogP contribution is 2.40. The van der Waals surface area contributed by atoms with Gasteiger partial charge in [-0.1, -0.05) is 24.3 Å². The quantitative estimate of drug-likeness (QED) is 0.0604. The number of nitrogens with zero attached hydrogens (tertiary/aromatic N) is 2. The Kier molecular flexibility index (Phi) is 13.4. The van der Waals surface area contributed by atoms with Crippen LogP contribution < -0.4 is 10.6 Å². The summed E-state index contributed by atoms with van der Waals surface area (Å²) in [6.45, 7) is 0.0453. The summed E-state index contributed by atoms with van der Waals surface area (Å²) in [4.78, 5) is 33.5. The van der Waals surface area contributed by atoms with Crippen molar-refractivity contribution in [2.45, 2.75) is 44.5 Å². The summed E-state index contributed by atoms with van der Waals surface area (Å²) in [5.74, 6) is -3.46. The summed E-state index contributed by atoms with van der Waals surface area (Å²) in [5, 5.41) is 5.93. The first-order valence-corrected chi connectivity index (χ1v) is 21.9. The van der Waals surface area contributed by atoms with Gasteiger partial charge in [0.2, 0.25) is 31.6 Å². The van der Waals surface area contributed by atoms with Gasteiger partial charge in [0.25, 0.3) is 0 Å². The van der Waals surface area contributed by atoms with E-state index >= 15 is 0 Å². The molecule has 0 amide bonds. The van der Waals surface area contributed by atoms with Crippen LogP contribution in [0.15, 0.2) is 128 Å². The summed E-state index contributed by atoms with van der Waals surface area (Å²) in [6, 6.07) is 20.7. The molecule has 0 aliphatic carbocycles. The summed E-state index contributed by atoms with van der Waals surface area (Å²) < 4.78 is 95.1. The van der Waals surface area contributed by atoms with Crippen LogP contribution in [0.2, 0.25) is 0 Å². The second-order valence-electron chi connectivity index (χ2n) is 12.4. The molecule has 12 nitrogen and oxygen atoms in total. The summed E-state index contributed by atoms with van der Waals surface area (Å²) in [6.07, 6.45) is 4.22. The van der Waals surface area contributed by atoms with Crippen molar-refractivity contribution in [2.24, 2.45) is 0 Å². The fourth-order valence-electron chi connectivity index (χ4n) is 5.68.